The average molecular weight is 253 g/mol. The van der Waals surface area contributed by atoms with E-state index in [0.29, 0.717) is 25.3 Å². The first-order valence-electron chi connectivity index (χ1n) is 5.68. The number of aliphatic hydroxyl groups is 1. The standard InChI is InChI=1S/C11H24N2O2.ClH/c1-4-5-9(14)7-13-11(15)10(12)6-8(2)3;/h8-10,14H,4-7,12H2,1-3H3,(H,13,15);1H/t9?,10-;/m0./s1. The number of aliphatic hydroxyl groups excluding tert-OH is 1. The van der Waals surface area contributed by atoms with Gasteiger partial charge in [-0.1, -0.05) is 27.2 Å². The maximum Gasteiger partial charge on any atom is 0.237 e. The molecule has 5 heteroatoms. The average Bonchev–Trinajstić information content (AvgIpc) is 2.13. The summed E-state index contributed by atoms with van der Waals surface area (Å²) in [6.07, 6.45) is 1.84. The highest BCUT2D eigenvalue weighted by Gasteiger charge is 2.15. The van der Waals surface area contributed by atoms with E-state index in [-0.39, 0.29) is 18.3 Å². The van der Waals surface area contributed by atoms with Crippen LogP contribution in [0.25, 0.3) is 0 Å². The van der Waals surface area contributed by atoms with Gasteiger partial charge in [0.2, 0.25) is 5.91 Å². The molecule has 0 radical (unpaired) electrons. The highest BCUT2D eigenvalue weighted by molar-refractivity contribution is 5.85. The fourth-order valence-corrected chi connectivity index (χ4v) is 1.40. The molecule has 0 saturated carbocycles. The van der Waals surface area contributed by atoms with Crippen LogP contribution in [0.1, 0.15) is 40.0 Å². The summed E-state index contributed by atoms with van der Waals surface area (Å²) < 4.78 is 0. The minimum atomic E-state index is -0.459. The van der Waals surface area contributed by atoms with Crippen molar-refractivity contribution in [1.29, 1.82) is 0 Å². The lowest BCUT2D eigenvalue weighted by atomic mass is 10.0. The van der Waals surface area contributed by atoms with Gasteiger partial charge in [-0.2, -0.15) is 0 Å². The molecule has 4 N–H and O–H groups in total. The molecule has 1 amide bonds. The molecule has 2 atom stereocenters. The third-order valence-electron chi connectivity index (χ3n) is 2.20. The maximum absolute atomic E-state index is 11.4. The predicted molar refractivity (Wildman–Crippen MR) is 68.6 cm³/mol. The molecule has 0 aromatic carbocycles. The van der Waals surface area contributed by atoms with Gasteiger partial charge in [-0.3, -0.25) is 4.79 Å². The molecule has 0 fully saturated rings. The Bertz CT molecular complexity index is 189. The Balaban J connectivity index is 0. The summed E-state index contributed by atoms with van der Waals surface area (Å²) in [4.78, 5) is 11.4. The summed E-state index contributed by atoms with van der Waals surface area (Å²) in [5.41, 5.74) is 5.68. The van der Waals surface area contributed by atoms with Crippen molar-refractivity contribution in [2.75, 3.05) is 6.54 Å². The van der Waals surface area contributed by atoms with Crippen LogP contribution in [0.15, 0.2) is 0 Å². The summed E-state index contributed by atoms with van der Waals surface area (Å²) in [5, 5.41) is 12.1. The lowest BCUT2D eigenvalue weighted by Crippen LogP contribution is -2.44. The van der Waals surface area contributed by atoms with Crippen molar-refractivity contribution in [2.24, 2.45) is 11.7 Å². The van der Waals surface area contributed by atoms with Crippen LogP contribution in [-0.2, 0) is 4.79 Å². The first-order chi connectivity index (χ1) is 6.97. The number of hydrogen-bond acceptors (Lipinski definition) is 3. The summed E-state index contributed by atoms with van der Waals surface area (Å²) in [7, 11) is 0. The summed E-state index contributed by atoms with van der Waals surface area (Å²) in [6.45, 7) is 6.35. The molecule has 0 saturated heterocycles. The van der Waals surface area contributed by atoms with E-state index in [1.54, 1.807) is 0 Å². The molecule has 1 unspecified atom stereocenters. The first kappa shape index (κ1) is 18.1. The van der Waals surface area contributed by atoms with Crippen molar-refractivity contribution >= 4 is 18.3 Å². The van der Waals surface area contributed by atoms with Gasteiger partial charge >= 0.3 is 0 Å². The zero-order chi connectivity index (χ0) is 11.8. The third kappa shape index (κ3) is 8.95. The van der Waals surface area contributed by atoms with Gasteiger partial charge in [0.15, 0.2) is 0 Å². The van der Waals surface area contributed by atoms with Gasteiger partial charge in [-0.25, -0.2) is 0 Å². The van der Waals surface area contributed by atoms with E-state index >= 15 is 0 Å². The van der Waals surface area contributed by atoms with Gasteiger partial charge in [0.1, 0.15) is 0 Å². The number of amides is 1. The van der Waals surface area contributed by atoms with Crippen molar-refractivity contribution in [2.45, 2.75) is 52.2 Å². The second-order valence-electron chi connectivity index (χ2n) is 4.42. The van der Waals surface area contributed by atoms with E-state index in [1.165, 1.54) is 0 Å². The molecule has 0 bridgehead atoms. The molecule has 0 aromatic heterocycles. The van der Waals surface area contributed by atoms with Gasteiger partial charge in [-0.15, -0.1) is 12.4 Å². The van der Waals surface area contributed by atoms with E-state index in [0.717, 1.165) is 6.42 Å². The van der Waals surface area contributed by atoms with E-state index < -0.39 is 12.1 Å². The lowest BCUT2D eigenvalue weighted by Gasteiger charge is -2.16. The van der Waals surface area contributed by atoms with Gasteiger partial charge in [0.05, 0.1) is 12.1 Å². The Morgan fingerprint density at radius 2 is 2.00 bits per heavy atom. The first-order valence-corrected chi connectivity index (χ1v) is 5.68. The number of hydrogen-bond donors (Lipinski definition) is 3. The molecular formula is C11H25ClN2O2. The van der Waals surface area contributed by atoms with Gasteiger partial charge in [0.25, 0.3) is 0 Å². The Morgan fingerprint density at radius 1 is 1.44 bits per heavy atom. The fraction of sp³-hybridized carbons (Fsp3) is 0.909. The number of rotatable bonds is 7. The fourth-order valence-electron chi connectivity index (χ4n) is 1.40. The van der Waals surface area contributed by atoms with E-state index in [4.69, 9.17) is 5.73 Å². The largest absolute Gasteiger partial charge is 0.391 e. The predicted octanol–water partition coefficient (Wildman–Crippen LogP) is 1.06. The van der Waals surface area contributed by atoms with Gasteiger partial charge in [0, 0.05) is 6.54 Å². The smallest absolute Gasteiger partial charge is 0.237 e. The van der Waals surface area contributed by atoms with Crippen molar-refractivity contribution < 1.29 is 9.90 Å². The number of carbonyl (C=O) groups excluding carboxylic acids is 1. The van der Waals surface area contributed by atoms with Crippen molar-refractivity contribution in [3.05, 3.63) is 0 Å². The molecular weight excluding hydrogens is 228 g/mol. The van der Waals surface area contributed by atoms with Gasteiger partial charge < -0.3 is 16.2 Å². The molecule has 16 heavy (non-hydrogen) atoms. The zero-order valence-corrected chi connectivity index (χ0v) is 11.2. The third-order valence-corrected chi connectivity index (χ3v) is 2.20. The lowest BCUT2D eigenvalue weighted by molar-refractivity contribution is -0.123. The Kier molecular flexibility index (Phi) is 11.1. The molecule has 0 aliphatic carbocycles. The van der Waals surface area contributed by atoms with Crippen molar-refractivity contribution in [1.82, 2.24) is 5.32 Å². The quantitative estimate of drug-likeness (QED) is 0.634. The summed E-state index contributed by atoms with van der Waals surface area (Å²) >= 11 is 0. The molecule has 98 valence electrons. The minimum Gasteiger partial charge on any atom is -0.391 e. The molecule has 0 spiro atoms. The van der Waals surface area contributed by atoms with Crippen LogP contribution < -0.4 is 11.1 Å². The second kappa shape index (κ2) is 9.87. The number of nitrogens with one attached hydrogen (secondary N) is 1. The molecule has 0 aliphatic rings. The molecule has 4 nitrogen and oxygen atoms in total. The van der Waals surface area contributed by atoms with Crippen LogP contribution in [-0.4, -0.2) is 29.7 Å². The van der Waals surface area contributed by atoms with Crippen LogP contribution >= 0.6 is 12.4 Å². The topological polar surface area (TPSA) is 75.3 Å². The molecule has 0 heterocycles. The van der Waals surface area contributed by atoms with Crippen LogP contribution in [0.3, 0.4) is 0 Å². The van der Waals surface area contributed by atoms with E-state index in [9.17, 15) is 9.90 Å². The normalized spacial score (nSPS) is 14.1. The Labute approximate surface area is 104 Å². The number of halogens is 1. The van der Waals surface area contributed by atoms with Crippen LogP contribution in [0.2, 0.25) is 0 Å². The summed E-state index contributed by atoms with van der Waals surface area (Å²) in [5.74, 6) is 0.241. The number of carbonyl (C=O) groups is 1. The van der Waals surface area contributed by atoms with Crippen LogP contribution in [0, 0.1) is 5.92 Å². The van der Waals surface area contributed by atoms with E-state index in [2.05, 4.69) is 5.32 Å². The second-order valence-corrected chi connectivity index (χ2v) is 4.42. The highest BCUT2D eigenvalue weighted by atomic mass is 35.5. The monoisotopic (exact) mass is 252 g/mol. The molecule has 0 aliphatic heterocycles. The van der Waals surface area contributed by atoms with Gasteiger partial charge in [-0.05, 0) is 18.8 Å². The van der Waals surface area contributed by atoms with E-state index in [1.807, 2.05) is 20.8 Å². The molecule has 0 rings (SSSR count). The zero-order valence-electron chi connectivity index (χ0n) is 10.4. The highest BCUT2D eigenvalue weighted by Crippen LogP contribution is 2.02. The summed E-state index contributed by atoms with van der Waals surface area (Å²) in [6, 6.07) is -0.459. The van der Waals surface area contributed by atoms with Crippen LogP contribution in [0.5, 0.6) is 0 Å². The number of nitrogens with two attached hydrogens (primary N) is 1. The SMILES string of the molecule is CCCC(O)CNC(=O)[C@@H](N)CC(C)C.Cl. The van der Waals surface area contributed by atoms with Crippen LogP contribution in [0.4, 0.5) is 0 Å². The Morgan fingerprint density at radius 3 is 2.44 bits per heavy atom. The maximum atomic E-state index is 11.4. The Hall–Kier alpha value is -0.320. The van der Waals surface area contributed by atoms with Crippen molar-refractivity contribution in [3.63, 3.8) is 0 Å². The minimum absolute atomic E-state index is 0. The molecule has 0 aromatic rings. The van der Waals surface area contributed by atoms with Crippen molar-refractivity contribution in [3.8, 4) is 0 Å².